The minimum absolute atomic E-state index is 0.00567. The highest BCUT2D eigenvalue weighted by Crippen LogP contribution is 2.29. The third kappa shape index (κ3) is 11.1. The molecular weight excluding hydrogens is 668 g/mol. The molecule has 3 rings (SSSR count). The number of likely N-dealkylation sites (tertiary alicyclic amines) is 1. The number of likely N-dealkylation sites (N-methyl/N-ethyl adjacent to an activating group) is 1. The largest absolute Gasteiger partial charge is 0.480 e. The lowest BCUT2D eigenvalue weighted by molar-refractivity contribution is -0.147. The molecule has 5 amide bonds. The van der Waals surface area contributed by atoms with Gasteiger partial charge in [-0.15, -0.1) is 0 Å². The summed E-state index contributed by atoms with van der Waals surface area (Å²) in [6.07, 6.45) is 0.847. The number of amides is 5. The summed E-state index contributed by atoms with van der Waals surface area (Å²) >= 11 is 0. The van der Waals surface area contributed by atoms with Crippen LogP contribution in [0.15, 0.2) is 30.3 Å². The maximum atomic E-state index is 14.1. The van der Waals surface area contributed by atoms with Gasteiger partial charge in [-0.05, 0) is 30.2 Å². The van der Waals surface area contributed by atoms with Crippen molar-refractivity contribution < 1.29 is 38.6 Å². The first-order chi connectivity index (χ1) is 24.7. The number of ether oxygens (including phenoxy) is 2. The number of carboxylic acids is 1. The van der Waals surface area contributed by atoms with Crippen molar-refractivity contribution in [1.29, 1.82) is 0 Å². The molecule has 14 heteroatoms. The number of carbonyl (C=O) groups is 5. The lowest BCUT2D eigenvalue weighted by Crippen LogP contribution is -2.60. The van der Waals surface area contributed by atoms with Crippen LogP contribution in [0.2, 0.25) is 0 Å². The van der Waals surface area contributed by atoms with Gasteiger partial charge in [-0.2, -0.15) is 0 Å². The number of methoxy groups -OCH3 is 2. The average Bonchev–Trinajstić information content (AvgIpc) is 3.63. The zero-order valence-corrected chi connectivity index (χ0v) is 32.3. The molecule has 0 spiro atoms. The van der Waals surface area contributed by atoms with Gasteiger partial charge in [0.1, 0.15) is 12.1 Å². The molecule has 1 aromatic rings. The summed E-state index contributed by atoms with van der Waals surface area (Å²) in [7, 11) is 4.75. The zero-order chi connectivity index (χ0) is 38.5. The highest BCUT2D eigenvalue weighted by atomic mass is 16.5. The van der Waals surface area contributed by atoms with Crippen LogP contribution in [0.5, 0.6) is 0 Å². The number of hydrogen-bond acceptors (Lipinski definition) is 8. The summed E-state index contributed by atoms with van der Waals surface area (Å²) in [4.78, 5) is 72.0. The number of benzene rings is 1. The quantitative estimate of drug-likeness (QED) is 0.177. The molecular formula is C38H62N6O8. The van der Waals surface area contributed by atoms with Crippen molar-refractivity contribution in [1.82, 2.24) is 30.7 Å². The number of nitrogens with zero attached hydrogens (tertiary/aromatic N) is 3. The van der Waals surface area contributed by atoms with Crippen LogP contribution in [0.4, 0.5) is 4.79 Å². The number of rotatable bonds is 18. The molecule has 2 aliphatic rings. The lowest BCUT2D eigenvalue weighted by Gasteiger charge is -2.41. The molecule has 3 unspecified atom stereocenters. The summed E-state index contributed by atoms with van der Waals surface area (Å²) in [5.41, 5.74) is 0.786. The van der Waals surface area contributed by atoms with E-state index in [4.69, 9.17) is 9.47 Å². The molecule has 0 radical (unpaired) electrons. The molecule has 14 nitrogen and oxygen atoms in total. The molecule has 2 saturated heterocycles. The summed E-state index contributed by atoms with van der Waals surface area (Å²) in [6, 6.07) is 6.06. The summed E-state index contributed by atoms with van der Waals surface area (Å²) < 4.78 is 11.8. The SMILES string of the molecule is CC[C@H](C)[C@@H]([C@@H](CC(=O)N1CCCC1[C@H](OC)[C@@H](C)C(=O)NC(Cc1ccccc1)C(=O)O)OC)N(C)C(=O)C(NC(=O)N1CCNCC1)C(C)C. The average molecular weight is 731 g/mol. The van der Waals surface area contributed by atoms with E-state index in [0.717, 1.165) is 12.0 Å². The molecule has 0 aliphatic carbocycles. The Bertz CT molecular complexity index is 1330. The second-order valence-corrected chi connectivity index (χ2v) is 14.6. The van der Waals surface area contributed by atoms with E-state index in [1.807, 2.05) is 58.0 Å². The molecule has 0 aromatic heterocycles. The highest BCUT2D eigenvalue weighted by Gasteiger charge is 2.43. The first-order valence-corrected chi connectivity index (χ1v) is 18.7. The molecule has 8 atom stereocenters. The zero-order valence-electron chi connectivity index (χ0n) is 32.3. The van der Waals surface area contributed by atoms with Crippen molar-refractivity contribution in [2.45, 2.75) is 103 Å². The van der Waals surface area contributed by atoms with Crippen molar-refractivity contribution in [3.63, 3.8) is 0 Å². The first-order valence-electron chi connectivity index (χ1n) is 18.7. The van der Waals surface area contributed by atoms with Crippen molar-refractivity contribution in [2.75, 3.05) is 54.0 Å². The van der Waals surface area contributed by atoms with Crippen LogP contribution >= 0.6 is 0 Å². The predicted molar refractivity (Wildman–Crippen MR) is 197 cm³/mol. The fourth-order valence-corrected chi connectivity index (χ4v) is 7.48. The Morgan fingerprint density at radius 3 is 2.19 bits per heavy atom. The van der Waals surface area contributed by atoms with Crippen LogP contribution in [0.25, 0.3) is 0 Å². The van der Waals surface area contributed by atoms with E-state index < -0.39 is 54.2 Å². The third-order valence-electron chi connectivity index (χ3n) is 10.8. The van der Waals surface area contributed by atoms with Crippen LogP contribution in [0.3, 0.4) is 0 Å². The van der Waals surface area contributed by atoms with Gasteiger partial charge < -0.3 is 45.2 Å². The molecule has 2 fully saturated rings. The first kappa shape index (κ1) is 42.7. The second-order valence-electron chi connectivity index (χ2n) is 14.6. The molecule has 292 valence electrons. The molecule has 0 saturated carbocycles. The van der Waals surface area contributed by atoms with E-state index in [2.05, 4.69) is 16.0 Å². The van der Waals surface area contributed by atoms with E-state index in [1.165, 1.54) is 14.2 Å². The number of hydrogen-bond donors (Lipinski definition) is 4. The fraction of sp³-hybridized carbons (Fsp3) is 0.711. The third-order valence-corrected chi connectivity index (χ3v) is 10.8. The van der Waals surface area contributed by atoms with Crippen LogP contribution in [-0.4, -0.2) is 140 Å². The molecule has 52 heavy (non-hydrogen) atoms. The molecule has 1 aromatic carbocycles. The fourth-order valence-electron chi connectivity index (χ4n) is 7.48. The predicted octanol–water partition coefficient (Wildman–Crippen LogP) is 2.36. The lowest BCUT2D eigenvalue weighted by atomic mass is 9.89. The number of carboxylic acid groups (broad SMARTS) is 1. The number of nitrogens with one attached hydrogen (secondary N) is 3. The van der Waals surface area contributed by atoms with Crippen LogP contribution in [-0.2, 0) is 35.1 Å². The maximum absolute atomic E-state index is 14.1. The standard InChI is InChI=1S/C38H62N6O8/c1-9-25(4)33(42(6)36(47)32(24(2)3)41-38(50)43-20-17-39-18-21-43)30(51-7)23-31(45)44-19-13-16-29(44)34(52-8)26(5)35(46)40-28(37(48)49)22-27-14-11-10-12-15-27/h10-12,14-15,24-26,28-30,32-34,39H,9,13,16-23H2,1-8H3,(H,40,46)(H,41,50)(H,48,49)/t25-,26+,28?,29?,30+,32?,33-,34+/m0/s1. The number of urea groups is 1. The minimum atomic E-state index is -1.14. The van der Waals surface area contributed by atoms with Gasteiger partial charge in [-0.3, -0.25) is 14.4 Å². The van der Waals surface area contributed by atoms with Gasteiger partial charge in [0.15, 0.2) is 0 Å². The van der Waals surface area contributed by atoms with Gasteiger partial charge in [-0.1, -0.05) is 71.4 Å². The van der Waals surface area contributed by atoms with Gasteiger partial charge in [0.2, 0.25) is 17.7 Å². The van der Waals surface area contributed by atoms with E-state index in [1.54, 1.807) is 28.7 Å². The van der Waals surface area contributed by atoms with Crippen LogP contribution in [0, 0.1) is 17.8 Å². The Kier molecular flexibility index (Phi) is 16.8. The monoisotopic (exact) mass is 730 g/mol. The Labute approximate surface area is 309 Å². The van der Waals surface area contributed by atoms with Gasteiger partial charge in [0, 0.05) is 60.4 Å². The topological polar surface area (TPSA) is 170 Å². The van der Waals surface area contributed by atoms with Crippen LogP contribution < -0.4 is 16.0 Å². The van der Waals surface area contributed by atoms with E-state index in [-0.39, 0.29) is 42.5 Å². The Balaban J connectivity index is 1.74. The Morgan fingerprint density at radius 1 is 0.981 bits per heavy atom. The highest BCUT2D eigenvalue weighted by molar-refractivity contribution is 5.88. The van der Waals surface area contributed by atoms with E-state index in [0.29, 0.717) is 45.6 Å². The summed E-state index contributed by atoms with van der Waals surface area (Å²) in [5.74, 6) is -3.00. The van der Waals surface area contributed by atoms with E-state index >= 15 is 0 Å². The molecule has 0 bridgehead atoms. The number of aliphatic carboxylic acids is 1. The number of piperazine rings is 1. The maximum Gasteiger partial charge on any atom is 0.326 e. The normalized spacial score (nSPS) is 20.3. The van der Waals surface area contributed by atoms with E-state index in [9.17, 15) is 29.1 Å². The van der Waals surface area contributed by atoms with Crippen molar-refractivity contribution in [3.05, 3.63) is 35.9 Å². The molecule has 4 N–H and O–H groups in total. The second kappa shape index (κ2) is 20.5. The van der Waals surface area contributed by atoms with Gasteiger partial charge in [-0.25, -0.2) is 9.59 Å². The minimum Gasteiger partial charge on any atom is -0.480 e. The van der Waals surface area contributed by atoms with Crippen molar-refractivity contribution in [3.8, 4) is 0 Å². The van der Waals surface area contributed by atoms with Crippen molar-refractivity contribution in [2.24, 2.45) is 17.8 Å². The molecule has 2 aliphatic heterocycles. The van der Waals surface area contributed by atoms with Gasteiger partial charge >= 0.3 is 12.0 Å². The summed E-state index contributed by atoms with van der Waals surface area (Å²) in [6.45, 7) is 12.5. The van der Waals surface area contributed by atoms with Gasteiger partial charge in [0.25, 0.3) is 0 Å². The Morgan fingerprint density at radius 2 is 1.63 bits per heavy atom. The smallest absolute Gasteiger partial charge is 0.326 e. The van der Waals surface area contributed by atoms with Gasteiger partial charge in [0.05, 0.1) is 36.6 Å². The molecule has 2 heterocycles. The summed E-state index contributed by atoms with van der Waals surface area (Å²) in [5, 5.41) is 18.7. The van der Waals surface area contributed by atoms with Crippen molar-refractivity contribution >= 4 is 29.7 Å². The van der Waals surface area contributed by atoms with Crippen LogP contribution in [0.1, 0.15) is 65.9 Å². The Hall–Kier alpha value is -3.75. The number of carbonyl (C=O) groups excluding carboxylic acids is 4.